The van der Waals surface area contributed by atoms with E-state index in [9.17, 15) is 14.4 Å². The van der Waals surface area contributed by atoms with Crippen LogP contribution in [-0.4, -0.2) is 59.5 Å². The smallest absolute Gasteiger partial charge is 0.412 e. The number of hydrogen-bond acceptors (Lipinski definition) is 6. The summed E-state index contributed by atoms with van der Waals surface area (Å²) in [4.78, 5) is 40.0. The number of carbonyl (C=O) groups excluding carboxylic acids is 3. The first kappa shape index (κ1) is 30.4. The molecule has 8 heteroatoms. The lowest BCUT2D eigenvalue weighted by molar-refractivity contribution is -0.143. The van der Waals surface area contributed by atoms with Crippen LogP contribution in [0.2, 0.25) is 0 Å². The summed E-state index contributed by atoms with van der Waals surface area (Å²) in [7, 11) is 0. The minimum Gasteiger partial charge on any atom is -0.466 e. The predicted octanol–water partition coefficient (Wildman–Crippen LogP) is 5.43. The highest BCUT2D eigenvalue weighted by atomic mass is 16.6. The van der Waals surface area contributed by atoms with Crippen LogP contribution in [0.4, 0.5) is 4.79 Å². The maximum Gasteiger partial charge on any atom is 0.412 e. The summed E-state index contributed by atoms with van der Waals surface area (Å²) in [5, 5.41) is 2.91. The van der Waals surface area contributed by atoms with Crippen molar-refractivity contribution in [3.8, 4) is 0 Å². The first-order valence-corrected chi connectivity index (χ1v) is 13.9. The van der Waals surface area contributed by atoms with E-state index in [1.165, 1.54) is 19.3 Å². The van der Waals surface area contributed by atoms with E-state index in [0.717, 1.165) is 19.3 Å². The Balaban J connectivity index is 2.21. The average Bonchev–Trinajstić information content (AvgIpc) is 3.00. The second kappa shape index (κ2) is 13.1. The van der Waals surface area contributed by atoms with E-state index in [0.29, 0.717) is 18.9 Å². The second-order valence-electron chi connectivity index (χ2n) is 12.2. The summed E-state index contributed by atoms with van der Waals surface area (Å²) in [5.41, 5.74) is -1.45. The van der Waals surface area contributed by atoms with Gasteiger partial charge in [-0.3, -0.25) is 14.5 Å². The molecule has 208 valence electrons. The second-order valence-corrected chi connectivity index (χ2v) is 12.2. The molecule has 1 saturated carbocycles. The molecule has 2 amide bonds. The number of rotatable bonds is 10. The molecule has 3 atom stereocenters. The van der Waals surface area contributed by atoms with E-state index in [1.807, 2.05) is 48.5 Å². The molecule has 1 saturated heterocycles. The fourth-order valence-corrected chi connectivity index (χ4v) is 5.55. The first-order chi connectivity index (χ1) is 16.7. The molecule has 0 radical (unpaired) electrons. The molecule has 0 bridgehead atoms. The highest BCUT2D eigenvalue weighted by Crippen LogP contribution is 2.41. The minimum atomic E-state index is -0.839. The average molecular weight is 511 g/mol. The zero-order valence-corrected chi connectivity index (χ0v) is 23.9. The minimum absolute atomic E-state index is 0.0743. The van der Waals surface area contributed by atoms with E-state index in [4.69, 9.17) is 14.2 Å². The first-order valence-electron chi connectivity index (χ1n) is 13.9. The molecule has 0 aromatic rings. The van der Waals surface area contributed by atoms with Crippen LogP contribution in [0.1, 0.15) is 107 Å². The van der Waals surface area contributed by atoms with E-state index < -0.39 is 11.3 Å². The lowest BCUT2D eigenvalue weighted by Gasteiger charge is -2.37. The molecule has 0 aromatic carbocycles. The number of nitrogens with one attached hydrogen (secondary N) is 1. The Morgan fingerprint density at radius 2 is 1.75 bits per heavy atom. The summed E-state index contributed by atoms with van der Waals surface area (Å²) >= 11 is 0. The normalized spacial score (nSPS) is 23.4. The van der Waals surface area contributed by atoms with Gasteiger partial charge in [-0.25, -0.2) is 4.79 Å². The van der Waals surface area contributed by atoms with Gasteiger partial charge in [0, 0.05) is 12.5 Å². The van der Waals surface area contributed by atoms with Gasteiger partial charge in [-0.2, -0.15) is 0 Å². The number of amides is 2. The Morgan fingerprint density at radius 1 is 1.11 bits per heavy atom. The summed E-state index contributed by atoms with van der Waals surface area (Å²) < 4.78 is 17.3. The molecular formula is C28H50N2O6. The van der Waals surface area contributed by atoms with Crippen molar-refractivity contribution in [2.24, 2.45) is 17.8 Å². The number of esters is 1. The van der Waals surface area contributed by atoms with Gasteiger partial charge in [0.2, 0.25) is 5.91 Å². The fraction of sp³-hybridized carbons (Fsp3) is 0.893. The fourth-order valence-electron chi connectivity index (χ4n) is 5.55. The predicted molar refractivity (Wildman–Crippen MR) is 139 cm³/mol. The molecule has 0 aromatic heterocycles. The monoisotopic (exact) mass is 510 g/mol. The van der Waals surface area contributed by atoms with Gasteiger partial charge in [0.05, 0.1) is 25.2 Å². The molecule has 2 aliphatic rings. The lowest BCUT2D eigenvalue weighted by Crippen LogP contribution is -2.51. The van der Waals surface area contributed by atoms with Crippen LogP contribution in [0.3, 0.4) is 0 Å². The highest BCUT2D eigenvalue weighted by molar-refractivity contribution is 5.79. The molecule has 1 N–H and O–H groups in total. The molecule has 2 rings (SSSR count). The molecule has 1 heterocycles. The van der Waals surface area contributed by atoms with Crippen molar-refractivity contribution in [1.82, 2.24) is 10.2 Å². The summed E-state index contributed by atoms with van der Waals surface area (Å²) in [6, 6.07) is -0.161. The van der Waals surface area contributed by atoms with Gasteiger partial charge in [0.15, 0.2) is 0 Å². The standard InChI is InChI=1S/C28H50N2O6/c1-9-34-24(31)15-16-29-25(32)21(19(2)3)18-23-22(17-20-13-11-10-12-14-20)30(28(7,8)35-23)26(33)36-27(4,5)6/h19-23H,9-18H2,1-8H3,(H,29,32)/t21-,22-,23-/m0/s1. The van der Waals surface area contributed by atoms with Gasteiger partial charge in [0.1, 0.15) is 11.3 Å². The van der Waals surface area contributed by atoms with E-state index in [2.05, 4.69) is 5.32 Å². The van der Waals surface area contributed by atoms with Gasteiger partial charge in [-0.1, -0.05) is 46.0 Å². The van der Waals surface area contributed by atoms with E-state index in [1.54, 1.807) is 11.8 Å². The van der Waals surface area contributed by atoms with Gasteiger partial charge in [-0.15, -0.1) is 0 Å². The van der Waals surface area contributed by atoms with Crippen molar-refractivity contribution >= 4 is 18.0 Å². The largest absolute Gasteiger partial charge is 0.466 e. The molecule has 2 fully saturated rings. The number of hydrogen-bond donors (Lipinski definition) is 1. The topological polar surface area (TPSA) is 94.2 Å². The Hall–Kier alpha value is -1.83. The lowest BCUT2D eigenvalue weighted by atomic mass is 9.81. The molecular weight excluding hydrogens is 460 g/mol. The van der Waals surface area contributed by atoms with Crippen LogP contribution >= 0.6 is 0 Å². The van der Waals surface area contributed by atoms with Crippen LogP contribution < -0.4 is 5.32 Å². The Kier molecular flexibility index (Phi) is 11.1. The van der Waals surface area contributed by atoms with Crippen molar-refractivity contribution in [3.63, 3.8) is 0 Å². The molecule has 0 spiro atoms. The van der Waals surface area contributed by atoms with Crippen molar-refractivity contribution in [2.45, 2.75) is 130 Å². The molecule has 1 aliphatic carbocycles. The van der Waals surface area contributed by atoms with Gasteiger partial charge in [0.25, 0.3) is 0 Å². The van der Waals surface area contributed by atoms with Gasteiger partial charge in [-0.05, 0) is 66.2 Å². The summed E-state index contributed by atoms with van der Waals surface area (Å²) in [6.07, 6.45) is 6.88. The van der Waals surface area contributed by atoms with Crippen molar-refractivity contribution < 1.29 is 28.6 Å². The van der Waals surface area contributed by atoms with E-state index in [-0.39, 0.29) is 54.9 Å². The van der Waals surface area contributed by atoms with E-state index >= 15 is 0 Å². The molecule has 36 heavy (non-hydrogen) atoms. The van der Waals surface area contributed by atoms with Crippen molar-refractivity contribution in [3.05, 3.63) is 0 Å². The zero-order chi connectivity index (χ0) is 27.1. The molecule has 1 aliphatic heterocycles. The van der Waals surface area contributed by atoms with Crippen LogP contribution in [0, 0.1) is 17.8 Å². The highest BCUT2D eigenvalue weighted by Gasteiger charge is 2.52. The third-order valence-corrected chi connectivity index (χ3v) is 7.23. The van der Waals surface area contributed by atoms with Crippen LogP contribution in [-0.2, 0) is 23.8 Å². The van der Waals surface area contributed by atoms with Crippen molar-refractivity contribution in [2.75, 3.05) is 13.2 Å². The number of carbonyl (C=O) groups is 3. The number of ether oxygens (including phenoxy) is 3. The van der Waals surface area contributed by atoms with Crippen molar-refractivity contribution in [1.29, 1.82) is 0 Å². The van der Waals surface area contributed by atoms with Crippen LogP contribution in [0.25, 0.3) is 0 Å². The van der Waals surface area contributed by atoms with Crippen LogP contribution in [0.15, 0.2) is 0 Å². The van der Waals surface area contributed by atoms with Gasteiger partial charge < -0.3 is 19.5 Å². The quantitative estimate of drug-likeness (QED) is 0.394. The molecule has 0 unspecified atom stereocenters. The maximum atomic E-state index is 13.4. The summed E-state index contributed by atoms with van der Waals surface area (Å²) in [5.74, 6) is -0.113. The zero-order valence-electron chi connectivity index (χ0n) is 23.9. The Morgan fingerprint density at radius 3 is 2.31 bits per heavy atom. The maximum absolute atomic E-state index is 13.4. The van der Waals surface area contributed by atoms with Crippen LogP contribution in [0.5, 0.6) is 0 Å². The molecule has 8 nitrogen and oxygen atoms in total. The SMILES string of the molecule is CCOC(=O)CCNC(=O)[C@@H](C[C@@H]1OC(C)(C)N(C(=O)OC(C)(C)C)[C@H]1CC1CCCCC1)C(C)C. The van der Waals surface area contributed by atoms with Gasteiger partial charge >= 0.3 is 12.1 Å². The third-order valence-electron chi connectivity index (χ3n) is 7.23. The summed E-state index contributed by atoms with van der Waals surface area (Å²) in [6.45, 7) is 15.8. The number of nitrogens with zero attached hydrogens (tertiary/aromatic N) is 1. The Bertz CT molecular complexity index is 739. The third kappa shape index (κ3) is 8.93. The Labute approximate surface area is 218 Å².